The minimum atomic E-state index is -0.539. The van der Waals surface area contributed by atoms with Crippen molar-refractivity contribution in [3.05, 3.63) is 57.2 Å². The van der Waals surface area contributed by atoms with Gasteiger partial charge in [-0.1, -0.05) is 0 Å². The maximum absolute atomic E-state index is 12.2. The van der Waals surface area contributed by atoms with Crippen LogP contribution in [0.25, 0.3) is 0 Å². The van der Waals surface area contributed by atoms with Crippen molar-refractivity contribution < 1.29 is 19.1 Å². The number of benzene rings is 2. The molecule has 2 aromatic rings. The van der Waals surface area contributed by atoms with E-state index in [1.165, 1.54) is 12.3 Å². The van der Waals surface area contributed by atoms with Gasteiger partial charge in [0.15, 0.2) is 11.5 Å². The van der Waals surface area contributed by atoms with E-state index >= 15 is 0 Å². The number of nitrogens with zero attached hydrogens (tertiary/aromatic N) is 1. The first-order chi connectivity index (χ1) is 13.9. The van der Waals surface area contributed by atoms with Crippen LogP contribution in [0.4, 0.5) is 11.4 Å². The highest BCUT2D eigenvalue weighted by Gasteiger charge is 2.21. The second-order valence-electron chi connectivity index (χ2n) is 6.58. The molecule has 148 valence electrons. The first-order valence-corrected chi connectivity index (χ1v) is 9.53. The van der Waals surface area contributed by atoms with Crippen molar-refractivity contribution in [3.8, 4) is 11.5 Å². The first-order valence-electron chi connectivity index (χ1n) is 8.74. The number of hydrogen-bond acceptors (Lipinski definition) is 6. The molecular formula is C20H17BrN4O4. The lowest BCUT2D eigenvalue weighted by Crippen LogP contribution is -2.28. The van der Waals surface area contributed by atoms with Gasteiger partial charge in [0.2, 0.25) is 6.79 Å². The van der Waals surface area contributed by atoms with Crippen LogP contribution in [0.15, 0.2) is 45.6 Å². The van der Waals surface area contributed by atoms with Crippen LogP contribution < -0.4 is 25.5 Å². The third kappa shape index (κ3) is 3.95. The third-order valence-electron chi connectivity index (χ3n) is 4.54. The number of rotatable bonds is 3. The van der Waals surface area contributed by atoms with Gasteiger partial charge in [0, 0.05) is 16.1 Å². The Morgan fingerprint density at radius 3 is 2.48 bits per heavy atom. The van der Waals surface area contributed by atoms with Crippen molar-refractivity contribution in [1.82, 2.24) is 5.43 Å². The molecule has 2 aromatic carbocycles. The molecule has 8 nitrogen and oxygen atoms in total. The van der Waals surface area contributed by atoms with E-state index in [1.54, 1.807) is 12.1 Å². The molecule has 0 saturated carbocycles. The van der Waals surface area contributed by atoms with Gasteiger partial charge in [-0.05, 0) is 65.2 Å². The standard InChI is InChI=1S/C20H17BrN4O4/c1-10-3-14-15(4-11(10)2)24-20(27)16(23-14)7-19(26)25-22-8-12-5-17-18(6-13(12)21)29-9-28-17/h3-8,23H,9H2,1-2H3,(H,24,27)(H,25,26)/b16-7-,22-8+. The van der Waals surface area contributed by atoms with Gasteiger partial charge in [0.05, 0.1) is 17.6 Å². The average Bonchev–Trinajstić information content (AvgIpc) is 3.11. The van der Waals surface area contributed by atoms with Gasteiger partial charge in [-0.15, -0.1) is 0 Å². The fourth-order valence-corrected chi connectivity index (χ4v) is 3.30. The maximum Gasteiger partial charge on any atom is 0.272 e. The number of amides is 2. The Hall–Kier alpha value is -3.33. The minimum absolute atomic E-state index is 0.137. The molecule has 3 N–H and O–H groups in total. The monoisotopic (exact) mass is 456 g/mol. The molecular weight excluding hydrogens is 440 g/mol. The number of ether oxygens (including phenoxy) is 2. The molecule has 0 spiro atoms. The predicted octanol–water partition coefficient (Wildman–Crippen LogP) is 3.19. The summed E-state index contributed by atoms with van der Waals surface area (Å²) >= 11 is 3.42. The van der Waals surface area contributed by atoms with E-state index < -0.39 is 11.8 Å². The Morgan fingerprint density at radius 2 is 1.76 bits per heavy atom. The topological polar surface area (TPSA) is 101 Å². The summed E-state index contributed by atoms with van der Waals surface area (Å²) in [6.07, 6.45) is 2.64. The summed E-state index contributed by atoms with van der Waals surface area (Å²) in [7, 11) is 0. The largest absolute Gasteiger partial charge is 0.454 e. The Labute approximate surface area is 175 Å². The van der Waals surface area contributed by atoms with Crippen LogP contribution in [-0.4, -0.2) is 24.8 Å². The van der Waals surface area contributed by atoms with Gasteiger partial charge in [-0.3, -0.25) is 9.59 Å². The highest BCUT2D eigenvalue weighted by molar-refractivity contribution is 9.10. The molecule has 0 fully saturated rings. The lowest BCUT2D eigenvalue weighted by molar-refractivity contribution is -0.117. The first kappa shape index (κ1) is 19.0. The van der Waals surface area contributed by atoms with Crippen molar-refractivity contribution in [1.29, 1.82) is 0 Å². The summed E-state index contributed by atoms with van der Waals surface area (Å²) in [4.78, 5) is 24.4. The molecule has 0 aliphatic carbocycles. The molecule has 29 heavy (non-hydrogen) atoms. The second-order valence-corrected chi connectivity index (χ2v) is 7.43. The summed E-state index contributed by atoms with van der Waals surface area (Å²) in [6, 6.07) is 7.33. The van der Waals surface area contributed by atoms with Gasteiger partial charge in [0.1, 0.15) is 5.70 Å². The smallest absolute Gasteiger partial charge is 0.272 e. The number of carbonyl (C=O) groups excluding carboxylic acids is 2. The van der Waals surface area contributed by atoms with Crippen LogP contribution in [-0.2, 0) is 9.59 Å². The summed E-state index contributed by atoms with van der Waals surface area (Å²) < 4.78 is 11.4. The van der Waals surface area contributed by atoms with Gasteiger partial charge >= 0.3 is 0 Å². The van der Waals surface area contributed by atoms with Crippen LogP contribution in [0, 0.1) is 13.8 Å². The Balaban J connectivity index is 1.45. The summed E-state index contributed by atoms with van der Waals surface area (Å²) in [5.74, 6) is 0.319. The molecule has 0 saturated heterocycles. The van der Waals surface area contributed by atoms with E-state index in [-0.39, 0.29) is 12.5 Å². The third-order valence-corrected chi connectivity index (χ3v) is 5.23. The zero-order valence-corrected chi connectivity index (χ0v) is 17.2. The molecule has 2 amide bonds. The van der Waals surface area contributed by atoms with Crippen LogP contribution in [0.5, 0.6) is 11.5 Å². The Morgan fingerprint density at radius 1 is 1.10 bits per heavy atom. The normalized spacial score (nSPS) is 15.8. The second kappa shape index (κ2) is 7.59. The van der Waals surface area contributed by atoms with Crippen LogP contribution in [0.1, 0.15) is 16.7 Å². The van der Waals surface area contributed by atoms with E-state index in [1.807, 2.05) is 26.0 Å². The predicted molar refractivity (Wildman–Crippen MR) is 112 cm³/mol. The van der Waals surface area contributed by atoms with Gasteiger partial charge < -0.3 is 20.1 Å². The molecule has 0 radical (unpaired) electrons. The Kier molecular flexibility index (Phi) is 4.98. The van der Waals surface area contributed by atoms with Crippen LogP contribution >= 0.6 is 15.9 Å². The number of anilines is 2. The average molecular weight is 457 g/mol. The number of hydrogen-bond donors (Lipinski definition) is 3. The van der Waals surface area contributed by atoms with Crippen molar-refractivity contribution in [2.45, 2.75) is 13.8 Å². The quantitative estimate of drug-likeness (QED) is 0.374. The minimum Gasteiger partial charge on any atom is -0.454 e. The zero-order chi connectivity index (χ0) is 20.5. The van der Waals surface area contributed by atoms with E-state index in [0.717, 1.165) is 21.3 Å². The molecule has 4 rings (SSSR count). The van der Waals surface area contributed by atoms with Gasteiger partial charge in [-0.2, -0.15) is 5.10 Å². The molecule has 0 atom stereocenters. The van der Waals surface area contributed by atoms with E-state index in [9.17, 15) is 9.59 Å². The molecule has 0 aromatic heterocycles. The molecule has 9 heteroatoms. The lowest BCUT2D eigenvalue weighted by atomic mass is 10.1. The number of carbonyl (C=O) groups is 2. The summed E-state index contributed by atoms with van der Waals surface area (Å²) in [6.45, 7) is 4.12. The van der Waals surface area contributed by atoms with Crippen molar-refractivity contribution in [3.63, 3.8) is 0 Å². The zero-order valence-electron chi connectivity index (χ0n) is 15.6. The lowest BCUT2D eigenvalue weighted by Gasteiger charge is -2.22. The van der Waals surface area contributed by atoms with Crippen molar-refractivity contribution in [2.75, 3.05) is 17.4 Å². The molecule has 2 aliphatic rings. The number of aryl methyl sites for hydroxylation is 2. The van der Waals surface area contributed by atoms with Crippen molar-refractivity contribution >= 4 is 45.3 Å². The van der Waals surface area contributed by atoms with E-state index in [2.05, 4.69) is 37.1 Å². The number of halogens is 1. The fourth-order valence-electron chi connectivity index (χ4n) is 2.88. The fraction of sp³-hybridized carbons (Fsp3) is 0.150. The van der Waals surface area contributed by atoms with Crippen LogP contribution in [0.3, 0.4) is 0 Å². The highest BCUT2D eigenvalue weighted by atomic mass is 79.9. The number of hydrazone groups is 1. The van der Waals surface area contributed by atoms with Crippen molar-refractivity contribution in [2.24, 2.45) is 5.10 Å². The van der Waals surface area contributed by atoms with E-state index in [4.69, 9.17) is 9.47 Å². The summed E-state index contributed by atoms with van der Waals surface area (Å²) in [5, 5.41) is 9.70. The van der Waals surface area contributed by atoms with Gasteiger partial charge in [0.25, 0.3) is 11.8 Å². The van der Waals surface area contributed by atoms with Crippen LogP contribution in [0.2, 0.25) is 0 Å². The highest BCUT2D eigenvalue weighted by Crippen LogP contribution is 2.36. The van der Waals surface area contributed by atoms with E-state index in [0.29, 0.717) is 22.7 Å². The SMILES string of the molecule is Cc1cc2c(cc1C)N/C(=C\C(=O)N/N=C/c1cc3c(cc1Br)OCO3)C(=O)N2. The molecule has 0 bridgehead atoms. The van der Waals surface area contributed by atoms with Gasteiger partial charge in [-0.25, -0.2) is 5.43 Å². The number of nitrogens with one attached hydrogen (secondary N) is 3. The molecule has 0 unspecified atom stereocenters. The Bertz CT molecular complexity index is 1090. The maximum atomic E-state index is 12.2. The summed E-state index contributed by atoms with van der Waals surface area (Å²) in [5.41, 5.74) is 6.79. The number of fused-ring (bicyclic) bond motifs is 2. The molecule has 2 aliphatic heterocycles. The molecule has 2 heterocycles.